The summed E-state index contributed by atoms with van der Waals surface area (Å²) >= 11 is 6.37. The lowest BCUT2D eigenvalue weighted by molar-refractivity contribution is 0.0828. The number of nitrogens with one attached hydrogen (secondary N) is 1. The minimum atomic E-state index is -0.240. The number of benzene rings is 1. The molecule has 1 amide bonds. The molecule has 2 aromatic heterocycles. The van der Waals surface area contributed by atoms with E-state index >= 15 is 0 Å². The van der Waals surface area contributed by atoms with Crippen molar-refractivity contribution in [2.45, 2.75) is 12.8 Å². The van der Waals surface area contributed by atoms with Crippen LogP contribution in [-0.2, 0) is 0 Å². The second kappa shape index (κ2) is 5.77. The molecular weight excluding hydrogens is 342 g/mol. The van der Waals surface area contributed by atoms with Gasteiger partial charge in [0.15, 0.2) is 0 Å². The second-order valence-electron chi connectivity index (χ2n) is 6.48. The third-order valence-corrected chi connectivity index (χ3v) is 4.89. The SMILES string of the molecule is CN(C)C(=O)c1cc2[nH]c(=O)c3cnc(N4CCCC4)n3c2cc1Cl. The van der Waals surface area contributed by atoms with Gasteiger partial charge in [0.05, 0.1) is 27.8 Å². The minimum Gasteiger partial charge on any atom is -0.345 e. The molecule has 0 unspecified atom stereocenters. The molecule has 0 atom stereocenters. The smallest absolute Gasteiger partial charge is 0.274 e. The molecule has 3 heterocycles. The highest BCUT2D eigenvalue weighted by Crippen LogP contribution is 2.27. The quantitative estimate of drug-likeness (QED) is 0.760. The Morgan fingerprint density at radius 3 is 2.64 bits per heavy atom. The van der Waals surface area contributed by atoms with Gasteiger partial charge in [0.2, 0.25) is 5.95 Å². The standard InChI is InChI=1S/C17H18ClN5O2/c1-21(2)16(25)10-7-12-13(8-11(10)18)23-14(15(24)20-12)9-19-17(23)22-5-3-4-6-22/h7-9H,3-6H2,1-2H3,(H,20,24). The lowest BCUT2D eigenvalue weighted by atomic mass is 10.1. The Kier molecular flexibility index (Phi) is 3.68. The van der Waals surface area contributed by atoms with Crippen molar-refractivity contribution in [1.82, 2.24) is 19.3 Å². The van der Waals surface area contributed by atoms with Gasteiger partial charge < -0.3 is 14.8 Å². The lowest BCUT2D eigenvalue weighted by Gasteiger charge is -2.17. The first-order valence-corrected chi connectivity index (χ1v) is 8.55. The number of hydrogen-bond acceptors (Lipinski definition) is 4. The van der Waals surface area contributed by atoms with Crippen molar-refractivity contribution < 1.29 is 4.79 Å². The zero-order valence-corrected chi connectivity index (χ0v) is 14.8. The van der Waals surface area contributed by atoms with Gasteiger partial charge >= 0.3 is 0 Å². The van der Waals surface area contributed by atoms with Crippen LogP contribution in [0.25, 0.3) is 16.6 Å². The van der Waals surface area contributed by atoms with E-state index in [-0.39, 0.29) is 11.5 Å². The molecule has 4 rings (SSSR count). The molecule has 130 valence electrons. The first-order valence-electron chi connectivity index (χ1n) is 8.17. The number of halogens is 1. The number of hydrogen-bond donors (Lipinski definition) is 1. The van der Waals surface area contributed by atoms with Crippen LogP contribution in [0.3, 0.4) is 0 Å². The summed E-state index contributed by atoms with van der Waals surface area (Å²) in [6.07, 6.45) is 3.80. The summed E-state index contributed by atoms with van der Waals surface area (Å²) in [6, 6.07) is 3.35. The number of aromatic amines is 1. The molecule has 0 aliphatic carbocycles. The van der Waals surface area contributed by atoms with E-state index in [9.17, 15) is 9.59 Å². The number of carbonyl (C=O) groups excluding carboxylic acids is 1. The van der Waals surface area contributed by atoms with Crippen LogP contribution in [0.5, 0.6) is 0 Å². The highest BCUT2D eigenvalue weighted by atomic mass is 35.5. The molecule has 0 bridgehead atoms. The zero-order chi connectivity index (χ0) is 17.7. The topological polar surface area (TPSA) is 73.7 Å². The predicted molar refractivity (Wildman–Crippen MR) is 97.8 cm³/mol. The molecule has 8 heteroatoms. The highest BCUT2D eigenvalue weighted by molar-refractivity contribution is 6.34. The molecule has 1 saturated heterocycles. The van der Waals surface area contributed by atoms with Gasteiger partial charge in [-0.2, -0.15) is 0 Å². The summed E-state index contributed by atoms with van der Waals surface area (Å²) < 4.78 is 1.83. The Balaban J connectivity index is 2.02. The number of aromatic nitrogens is 3. The maximum absolute atomic E-state index is 12.5. The molecule has 1 aliphatic rings. The van der Waals surface area contributed by atoms with Crippen molar-refractivity contribution in [3.05, 3.63) is 39.3 Å². The molecule has 0 radical (unpaired) electrons. The van der Waals surface area contributed by atoms with E-state index < -0.39 is 0 Å². The summed E-state index contributed by atoms with van der Waals surface area (Å²) in [5, 5.41) is 0.348. The van der Waals surface area contributed by atoms with Crippen LogP contribution in [0.15, 0.2) is 23.1 Å². The largest absolute Gasteiger partial charge is 0.345 e. The van der Waals surface area contributed by atoms with Gasteiger partial charge in [-0.1, -0.05) is 11.6 Å². The molecular formula is C17H18ClN5O2. The summed E-state index contributed by atoms with van der Waals surface area (Å²) in [5.74, 6) is 0.532. The molecule has 3 aromatic rings. The van der Waals surface area contributed by atoms with Crippen molar-refractivity contribution in [3.63, 3.8) is 0 Å². The third kappa shape index (κ3) is 2.46. The number of amides is 1. The Bertz CT molecular complexity index is 1050. The normalized spacial score (nSPS) is 14.6. The van der Waals surface area contributed by atoms with Crippen LogP contribution in [0, 0.1) is 0 Å². The fourth-order valence-electron chi connectivity index (χ4n) is 3.32. The Hall–Kier alpha value is -2.54. The van der Waals surface area contributed by atoms with Crippen LogP contribution < -0.4 is 10.5 Å². The van der Waals surface area contributed by atoms with Crippen LogP contribution in [0.4, 0.5) is 5.95 Å². The molecule has 0 spiro atoms. The molecule has 1 fully saturated rings. The molecule has 1 aliphatic heterocycles. The fourth-order valence-corrected chi connectivity index (χ4v) is 3.56. The molecule has 1 aromatic carbocycles. The fraction of sp³-hybridized carbons (Fsp3) is 0.353. The molecule has 0 saturated carbocycles. The van der Waals surface area contributed by atoms with Crippen molar-refractivity contribution in [1.29, 1.82) is 0 Å². The third-order valence-electron chi connectivity index (χ3n) is 4.58. The zero-order valence-electron chi connectivity index (χ0n) is 14.0. The van der Waals surface area contributed by atoms with Crippen LogP contribution in [0.2, 0.25) is 5.02 Å². The average molecular weight is 360 g/mol. The lowest BCUT2D eigenvalue weighted by Crippen LogP contribution is -2.23. The Morgan fingerprint density at radius 2 is 1.96 bits per heavy atom. The Morgan fingerprint density at radius 1 is 1.24 bits per heavy atom. The number of nitrogens with zero attached hydrogens (tertiary/aromatic N) is 4. The number of H-pyrrole nitrogens is 1. The minimum absolute atomic E-state index is 0.210. The Labute approximate surface area is 148 Å². The highest BCUT2D eigenvalue weighted by Gasteiger charge is 2.21. The maximum atomic E-state index is 12.5. The summed E-state index contributed by atoms with van der Waals surface area (Å²) in [4.78, 5) is 35.7. The van der Waals surface area contributed by atoms with E-state index in [1.54, 1.807) is 32.4 Å². The van der Waals surface area contributed by atoms with Gasteiger partial charge in [-0.25, -0.2) is 4.98 Å². The van der Waals surface area contributed by atoms with Crippen LogP contribution in [0.1, 0.15) is 23.2 Å². The van der Waals surface area contributed by atoms with Crippen LogP contribution in [-0.4, -0.2) is 52.4 Å². The van der Waals surface area contributed by atoms with Crippen molar-refractivity contribution in [3.8, 4) is 0 Å². The summed E-state index contributed by atoms with van der Waals surface area (Å²) in [7, 11) is 3.33. The van der Waals surface area contributed by atoms with Gasteiger partial charge in [-0.05, 0) is 25.0 Å². The van der Waals surface area contributed by atoms with E-state index in [0.29, 0.717) is 21.6 Å². The number of rotatable bonds is 2. The second-order valence-corrected chi connectivity index (χ2v) is 6.88. The van der Waals surface area contributed by atoms with Gasteiger partial charge in [-0.3, -0.25) is 14.0 Å². The van der Waals surface area contributed by atoms with E-state index in [0.717, 1.165) is 37.4 Å². The molecule has 7 nitrogen and oxygen atoms in total. The van der Waals surface area contributed by atoms with Crippen molar-refractivity contribution in [2.75, 3.05) is 32.1 Å². The van der Waals surface area contributed by atoms with Gasteiger partial charge in [-0.15, -0.1) is 0 Å². The first-order chi connectivity index (χ1) is 12.0. The van der Waals surface area contributed by atoms with Gasteiger partial charge in [0, 0.05) is 27.2 Å². The van der Waals surface area contributed by atoms with Gasteiger partial charge in [0.1, 0.15) is 5.52 Å². The first kappa shape index (κ1) is 16.0. The molecule has 25 heavy (non-hydrogen) atoms. The molecule has 1 N–H and O–H groups in total. The van der Waals surface area contributed by atoms with Gasteiger partial charge in [0.25, 0.3) is 11.5 Å². The van der Waals surface area contributed by atoms with E-state index in [1.165, 1.54) is 4.90 Å². The number of imidazole rings is 1. The maximum Gasteiger partial charge on any atom is 0.274 e. The van der Waals surface area contributed by atoms with E-state index in [4.69, 9.17) is 11.6 Å². The van der Waals surface area contributed by atoms with E-state index in [2.05, 4.69) is 14.9 Å². The van der Waals surface area contributed by atoms with Crippen LogP contribution >= 0.6 is 11.6 Å². The van der Waals surface area contributed by atoms with Crippen molar-refractivity contribution >= 4 is 40.0 Å². The number of anilines is 1. The summed E-state index contributed by atoms with van der Waals surface area (Å²) in [5.41, 5.74) is 1.88. The van der Waals surface area contributed by atoms with E-state index in [1.807, 2.05) is 4.40 Å². The predicted octanol–water partition coefficient (Wildman–Crippen LogP) is 2.13. The summed E-state index contributed by atoms with van der Waals surface area (Å²) in [6.45, 7) is 1.83. The number of fused-ring (bicyclic) bond motifs is 3. The van der Waals surface area contributed by atoms with Crippen molar-refractivity contribution in [2.24, 2.45) is 0 Å². The average Bonchev–Trinajstić information content (AvgIpc) is 3.23. The monoisotopic (exact) mass is 359 g/mol. The number of carbonyl (C=O) groups is 1.